The first-order valence-electron chi connectivity index (χ1n) is 10.2. The molecule has 0 radical (unpaired) electrons. The fourth-order valence-electron chi connectivity index (χ4n) is 4.03. The molecule has 2 aliphatic rings. The van der Waals surface area contributed by atoms with Gasteiger partial charge in [0.25, 0.3) is 5.91 Å². The number of nitrogens with one attached hydrogen (secondary N) is 1. The first kappa shape index (κ1) is 21.1. The Balaban J connectivity index is 1.33. The largest absolute Gasteiger partial charge is 0.415 e. The number of ether oxygens (including phenoxy) is 1. The molecule has 0 spiro atoms. The molecular weight excluding hydrogens is 427 g/mol. The van der Waals surface area contributed by atoms with E-state index in [9.17, 15) is 14.0 Å². The van der Waals surface area contributed by atoms with Crippen LogP contribution in [0.3, 0.4) is 0 Å². The molecule has 5 nitrogen and oxygen atoms in total. The number of hydrogen-bond acceptors (Lipinski definition) is 4. The lowest BCUT2D eigenvalue weighted by Gasteiger charge is -2.36. The Hall–Kier alpha value is -2.12. The van der Waals surface area contributed by atoms with Crippen molar-refractivity contribution in [3.8, 4) is 5.75 Å². The van der Waals surface area contributed by atoms with Gasteiger partial charge in [-0.1, -0.05) is 17.7 Å². The maximum atomic E-state index is 13.7. The summed E-state index contributed by atoms with van der Waals surface area (Å²) in [7, 11) is 0. The number of nitrogens with zero attached hydrogens (tertiary/aromatic N) is 1. The highest BCUT2D eigenvalue weighted by Crippen LogP contribution is 2.39. The SMILES string of the molecule is Cc1c(F)cccc1OC(=O)N1CCC([C@H](NC(=O)c2ccc(Cl)s2)C2CC2)CC1. The van der Waals surface area contributed by atoms with Crippen LogP contribution in [-0.4, -0.2) is 36.0 Å². The van der Waals surface area contributed by atoms with Gasteiger partial charge in [0.2, 0.25) is 0 Å². The average Bonchev–Trinajstić information content (AvgIpc) is 3.49. The van der Waals surface area contributed by atoms with E-state index < -0.39 is 11.9 Å². The Labute approximate surface area is 184 Å². The number of carbonyl (C=O) groups excluding carboxylic acids is 2. The number of thiophene rings is 1. The summed E-state index contributed by atoms with van der Waals surface area (Å²) in [6, 6.07) is 8.06. The number of likely N-dealkylation sites (tertiary alicyclic amines) is 1. The van der Waals surface area contributed by atoms with Crippen LogP contribution in [-0.2, 0) is 0 Å². The smallest absolute Gasteiger partial charge is 0.410 e. The molecule has 0 unspecified atom stereocenters. The second-order valence-corrected chi connectivity index (χ2v) is 9.71. The summed E-state index contributed by atoms with van der Waals surface area (Å²) in [4.78, 5) is 27.4. The Morgan fingerprint density at radius 3 is 2.50 bits per heavy atom. The predicted octanol–water partition coefficient (Wildman–Crippen LogP) is 5.27. The minimum atomic E-state index is -0.456. The van der Waals surface area contributed by atoms with E-state index in [1.807, 2.05) is 0 Å². The minimum Gasteiger partial charge on any atom is -0.410 e. The van der Waals surface area contributed by atoms with Crippen LogP contribution in [0.1, 0.15) is 40.9 Å². The van der Waals surface area contributed by atoms with Gasteiger partial charge >= 0.3 is 6.09 Å². The zero-order valence-corrected chi connectivity index (χ0v) is 18.3. The topological polar surface area (TPSA) is 58.6 Å². The summed E-state index contributed by atoms with van der Waals surface area (Å²) in [5.74, 6) is 0.598. The van der Waals surface area contributed by atoms with Crippen molar-refractivity contribution < 1.29 is 18.7 Å². The number of halogens is 2. The standard InChI is InChI=1S/C22H24ClFN2O3S/c1-13-16(24)3-2-4-17(13)29-22(28)26-11-9-15(10-12-26)20(14-5-6-14)25-21(27)18-7-8-19(23)30-18/h2-4,7-8,14-15,20H,5-6,9-12H2,1H3,(H,25,27)/t20-/m1/s1. The highest BCUT2D eigenvalue weighted by Gasteiger charge is 2.39. The number of carbonyl (C=O) groups is 2. The van der Waals surface area contributed by atoms with Crippen LogP contribution in [0.25, 0.3) is 0 Å². The molecule has 1 aromatic heterocycles. The first-order chi connectivity index (χ1) is 14.4. The fraction of sp³-hybridized carbons (Fsp3) is 0.455. The summed E-state index contributed by atoms with van der Waals surface area (Å²) >= 11 is 7.24. The summed E-state index contributed by atoms with van der Waals surface area (Å²) in [5.41, 5.74) is 0.325. The number of amides is 2. The fourth-order valence-corrected chi connectivity index (χ4v) is 4.98. The van der Waals surface area contributed by atoms with Gasteiger partial charge in [0.05, 0.1) is 9.21 Å². The van der Waals surface area contributed by atoms with Crippen LogP contribution in [0.2, 0.25) is 4.34 Å². The first-order valence-corrected chi connectivity index (χ1v) is 11.4. The number of piperidine rings is 1. The lowest BCUT2D eigenvalue weighted by atomic mass is 9.86. The maximum absolute atomic E-state index is 13.7. The van der Waals surface area contributed by atoms with Crippen LogP contribution in [0, 0.1) is 24.6 Å². The van der Waals surface area contributed by atoms with Gasteiger partial charge in [0, 0.05) is 24.7 Å². The zero-order chi connectivity index (χ0) is 21.3. The van der Waals surface area contributed by atoms with Crippen LogP contribution in [0.15, 0.2) is 30.3 Å². The van der Waals surface area contributed by atoms with E-state index in [1.165, 1.54) is 23.5 Å². The van der Waals surface area contributed by atoms with Gasteiger partial charge in [-0.2, -0.15) is 0 Å². The normalized spacial score (nSPS) is 18.2. The zero-order valence-electron chi connectivity index (χ0n) is 16.7. The van der Waals surface area contributed by atoms with Gasteiger partial charge in [-0.05, 0) is 68.7 Å². The van der Waals surface area contributed by atoms with E-state index in [4.69, 9.17) is 16.3 Å². The summed E-state index contributed by atoms with van der Waals surface area (Å²) in [6.45, 7) is 2.71. The van der Waals surface area contributed by atoms with Crippen molar-refractivity contribution in [1.82, 2.24) is 10.2 Å². The third kappa shape index (κ3) is 4.78. The molecule has 4 rings (SSSR count). The van der Waals surface area contributed by atoms with Crippen molar-refractivity contribution in [2.75, 3.05) is 13.1 Å². The molecule has 1 saturated heterocycles. The predicted molar refractivity (Wildman–Crippen MR) is 115 cm³/mol. The molecule has 2 fully saturated rings. The Morgan fingerprint density at radius 2 is 1.87 bits per heavy atom. The molecule has 30 heavy (non-hydrogen) atoms. The van der Waals surface area contributed by atoms with E-state index in [-0.39, 0.29) is 17.7 Å². The van der Waals surface area contributed by atoms with Crippen molar-refractivity contribution in [3.05, 3.63) is 50.9 Å². The minimum absolute atomic E-state index is 0.0766. The molecule has 1 N–H and O–H groups in total. The summed E-state index contributed by atoms with van der Waals surface area (Å²) in [6.07, 6.45) is 3.38. The van der Waals surface area contributed by atoms with Crippen molar-refractivity contribution in [1.29, 1.82) is 0 Å². The van der Waals surface area contributed by atoms with Gasteiger partial charge in [0.15, 0.2) is 0 Å². The van der Waals surface area contributed by atoms with Crippen molar-refractivity contribution in [2.45, 2.75) is 38.6 Å². The number of hydrogen-bond donors (Lipinski definition) is 1. The molecule has 1 aliphatic carbocycles. The molecular formula is C22H24ClFN2O3S. The lowest BCUT2D eigenvalue weighted by Crippen LogP contribution is -2.48. The molecule has 1 aliphatic heterocycles. The molecule has 1 atom stereocenters. The van der Waals surface area contributed by atoms with Crippen molar-refractivity contribution >= 4 is 34.9 Å². The summed E-state index contributed by atoms with van der Waals surface area (Å²) < 4.78 is 19.7. The Morgan fingerprint density at radius 1 is 1.17 bits per heavy atom. The van der Waals surface area contributed by atoms with E-state index in [0.717, 1.165) is 25.7 Å². The van der Waals surface area contributed by atoms with Gasteiger partial charge in [-0.25, -0.2) is 9.18 Å². The van der Waals surface area contributed by atoms with Gasteiger partial charge in [0.1, 0.15) is 11.6 Å². The van der Waals surface area contributed by atoms with Gasteiger partial charge in [-0.15, -0.1) is 11.3 Å². The van der Waals surface area contributed by atoms with E-state index in [1.54, 1.807) is 30.0 Å². The van der Waals surface area contributed by atoms with Crippen LogP contribution >= 0.6 is 22.9 Å². The second-order valence-electron chi connectivity index (χ2n) is 8.00. The average molecular weight is 451 g/mol. The maximum Gasteiger partial charge on any atom is 0.415 e. The second kappa shape index (κ2) is 8.94. The Kier molecular flexibility index (Phi) is 6.29. The third-order valence-electron chi connectivity index (χ3n) is 5.95. The molecule has 1 aromatic carbocycles. The monoisotopic (exact) mass is 450 g/mol. The highest BCUT2D eigenvalue weighted by molar-refractivity contribution is 7.18. The van der Waals surface area contributed by atoms with E-state index in [2.05, 4.69) is 5.32 Å². The van der Waals surface area contributed by atoms with E-state index in [0.29, 0.717) is 39.7 Å². The van der Waals surface area contributed by atoms with Gasteiger partial charge < -0.3 is 15.0 Å². The van der Waals surface area contributed by atoms with Crippen LogP contribution in [0.5, 0.6) is 5.75 Å². The summed E-state index contributed by atoms with van der Waals surface area (Å²) in [5, 5.41) is 3.21. The molecule has 2 aromatic rings. The van der Waals surface area contributed by atoms with Crippen molar-refractivity contribution in [3.63, 3.8) is 0 Å². The molecule has 8 heteroatoms. The number of benzene rings is 1. The number of rotatable bonds is 5. The molecule has 1 saturated carbocycles. The lowest BCUT2D eigenvalue weighted by molar-refractivity contribution is 0.0874. The Bertz CT molecular complexity index is 938. The highest BCUT2D eigenvalue weighted by atomic mass is 35.5. The molecule has 2 heterocycles. The van der Waals surface area contributed by atoms with Crippen LogP contribution in [0.4, 0.5) is 9.18 Å². The van der Waals surface area contributed by atoms with Crippen molar-refractivity contribution in [2.24, 2.45) is 11.8 Å². The van der Waals surface area contributed by atoms with Crippen LogP contribution < -0.4 is 10.1 Å². The molecule has 2 amide bonds. The molecule has 0 bridgehead atoms. The quantitative estimate of drug-likeness (QED) is 0.675. The van der Waals surface area contributed by atoms with Gasteiger partial charge in [-0.3, -0.25) is 4.79 Å². The third-order valence-corrected chi connectivity index (χ3v) is 7.18. The molecule has 160 valence electrons. The van der Waals surface area contributed by atoms with E-state index >= 15 is 0 Å².